The average Bonchev–Trinajstić information content (AvgIpc) is 2.34. The third kappa shape index (κ3) is 2.83. The summed E-state index contributed by atoms with van der Waals surface area (Å²) in [7, 11) is 3.33. The number of aliphatic hydroxyl groups is 1. The van der Waals surface area contributed by atoms with Gasteiger partial charge in [-0.3, -0.25) is 0 Å². The van der Waals surface area contributed by atoms with Crippen molar-refractivity contribution in [3.8, 4) is 11.5 Å². The number of hydrogen-bond acceptors (Lipinski definition) is 4. The number of methoxy groups -OCH3 is 2. The van der Waals surface area contributed by atoms with Gasteiger partial charge in [0, 0.05) is 12.2 Å². The number of hydrogen-bond donors (Lipinski definition) is 1. The third-order valence-corrected chi connectivity index (χ3v) is 3.27. The van der Waals surface area contributed by atoms with Crippen molar-refractivity contribution in [3.63, 3.8) is 0 Å². The Morgan fingerprint density at radius 2 is 1.81 bits per heavy atom. The zero-order valence-corrected chi connectivity index (χ0v) is 10.8. The van der Waals surface area contributed by atoms with Crippen LogP contribution in [0.5, 0.6) is 11.5 Å². The van der Waals surface area contributed by atoms with Gasteiger partial charge >= 0.3 is 0 Å². The van der Waals surface area contributed by atoms with Crippen LogP contribution in [0.25, 0.3) is 0 Å². The first kappa shape index (κ1) is 13.2. The quantitative estimate of drug-likeness (QED) is 0.777. The molecule has 0 heterocycles. The maximum absolute atomic E-state index is 8.90. The zero-order valence-electron chi connectivity index (χ0n) is 9.95. The molecule has 0 aromatic heterocycles. The molecule has 0 spiro atoms. The van der Waals surface area contributed by atoms with Gasteiger partial charge in [0.2, 0.25) is 0 Å². The number of aliphatic hydroxyl groups excluding tert-OH is 1. The van der Waals surface area contributed by atoms with Crippen LogP contribution in [-0.2, 0) is 6.42 Å². The van der Waals surface area contributed by atoms with Crippen molar-refractivity contribution in [2.75, 3.05) is 27.1 Å². The fraction of sp³-hybridized carbons (Fsp3) is 0.500. The van der Waals surface area contributed by atoms with Gasteiger partial charge < -0.3 is 14.6 Å². The summed E-state index contributed by atoms with van der Waals surface area (Å²) < 4.78 is 10.7. The Balaban J connectivity index is 3.14. The maximum atomic E-state index is 8.90. The molecule has 0 bridgehead atoms. The van der Waals surface area contributed by atoms with Gasteiger partial charge in [0.05, 0.1) is 19.1 Å². The van der Waals surface area contributed by atoms with Crippen LogP contribution in [0.3, 0.4) is 0 Å². The van der Waals surface area contributed by atoms with Crippen LogP contribution in [0.15, 0.2) is 17.0 Å². The largest absolute Gasteiger partial charge is 0.496 e. The van der Waals surface area contributed by atoms with E-state index in [1.54, 1.807) is 26.0 Å². The summed E-state index contributed by atoms with van der Waals surface area (Å²) in [6.07, 6.45) is 3.55. The van der Waals surface area contributed by atoms with Gasteiger partial charge in [0.25, 0.3) is 0 Å². The second-order valence-corrected chi connectivity index (χ2v) is 4.13. The van der Waals surface area contributed by atoms with E-state index in [1.165, 1.54) is 0 Å². The summed E-state index contributed by atoms with van der Waals surface area (Å²) >= 11 is 1.64. The molecule has 1 aromatic rings. The lowest BCUT2D eigenvalue weighted by Gasteiger charge is -2.15. The highest BCUT2D eigenvalue weighted by Crippen LogP contribution is 2.37. The Hall–Kier alpha value is -0.870. The van der Waals surface area contributed by atoms with Crippen molar-refractivity contribution < 1.29 is 14.6 Å². The molecule has 1 aromatic carbocycles. The molecule has 4 heteroatoms. The molecule has 0 fully saturated rings. The van der Waals surface area contributed by atoms with Crippen LogP contribution in [0.1, 0.15) is 12.0 Å². The monoisotopic (exact) mass is 242 g/mol. The molecule has 1 rings (SSSR count). The normalized spacial score (nSPS) is 10.2. The van der Waals surface area contributed by atoms with Gasteiger partial charge in [-0.1, -0.05) is 0 Å². The first-order valence-electron chi connectivity index (χ1n) is 5.17. The Morgan fingerprint density at radius 3 is 2.31 bits per heavy atom. The van der Waals surface area contributed by atoms with Crippen molar-refractivity contribution in [1.82, 2.24) is 0 Å². The van der Waals surface area contributed by atoms with Crippen LogP contribution < -0.4 is 9.47 Å². The van der Waals surface area contributed by atoms with Gasteiger partial charge in [-0.25, -0.2) is 0 Å². The molecule has 0 atom stereocenters. The molecule has 16 heavy (non-hydrogen) atoms. The smallest absolute Gasteiger partial charge is 0.132 e. The Labute approximate surface area is 101 Å². The van der Waals surface area contributed by atoms with Crippen molar-refractivity contribution in [3.05, 3.63) is 17.7 Å². The Kier molecular flexibility index (Phi) is 5.49. The standard InChI is InChI=1S/C12H18O3S/c1-14-10-6-7-11(15-2)12(16-3)9(10)5-4-8-13/h6-7,13H,4-5,8H2,1-3H3. The van der Waals surface area contributed by atoms with Crippen LogP contribution in [0, 0.1) is 0 Å². The van der Waals surface area contributed by atoms with Crippen LogP contribution in [0.4, 0.5) is 0 Å². The highest BCUT2D eigenvalue weighted by atomic mass is 32.2. The lowest BCUT2D eigenvalue weighted by Crippen LogP contribution is -1.99. The molecule has 90 valence electrons. The van der Waals surface area contributed by atoms with E-state index in [9.17, 15) is 0 Å². The summed E-state index contributed by atoms with van der Waals surface area (Å²) in [5.74, 6) is 1.72. The molecule has 0 aliphatic heterocycles. The molecule has 0 aliphatic rings. The van der Waals surface area contributed by atoms with Crippen LogP contribution >= 0.6 is 11.8 Å². The second-order valence-electron chi connectivity index (χ2n) is 3.31. The molecular formula is C12H18O3S. The first-order valence-corrected chi connectivity index (χ1v) is 6.39. The van der Waals surface area contributed by atoms with E-state index in [0.29, 0.717) is 0 Å². The molecule has 1 N–H and O–H groups in total. The number of ether oxygens (including phenoxy) is 2. The van der Waals surface area contributed by atoms with Crippen molar-refractivity contribution >= 4 is 11.8 Å². The molecule has 0 amide bonds. The molecule has 0 aliphatic carbocycles. The van der Waals surface area contributed by atoms with Gasteiger partial charge in [0.1, 0.15) is 11.5 Å². The van der Waals surface area contributed by atoms with Crippen LogP contribution in [-0.4, -0.2) is 32.2 Å². The number of rotatable bonds is 6. The summed E-state index contributed by atoms with van der Waals surface area (Å²) in [4.78, 5) is 1.09. The molecule has 0 radical (unpaired) electrons. The maximum Gasteiger partial charge on any atom is 0.132 e. The fourth-order valence-electron chi connectivity index (χ4n) is 1.66. The van der Waals surface area contributed by atoms with E-state index < -0.39 is 0 Å². The predicted molar refractivity (Wildman–Crippen MR) is 66.7 cm³/mol. The summed E-state index contributed by atoms with van der Waals surface area (Å²) in [5.41, 5.74) is 1.11. The fourth-order valence-corrected chi connectivity index (χ4v) is 2.46. The molecule has 0 saturated heterocycles. The van der Waals surface area contributed by atoms with E-state index >= 15 is 0 Å². The third-order valence-electron chi connectivity index (χ3n) is 2.41. The van der Waals surface area contributed by atoms with E-state index in [-0.39, 0.29) is 6.61 Å². The Bertz CT molecular complexity index is 339. The number of benzene rings is 1. The molecular weight excluding hydrogens is 224 g/mol. The number of thioether (sulfide) groups is 1. The lowest BCUT2D eigenvalue weighted by atomic mass is 10.1. The van der Waals surface area contributed by atoms with Gasteiger partial charge in [0.15, 0.2) is 0 Å². The van der Waals surface area contributed by atoms with Gasteiger partial charge in [-0.05, 0) is 31.2 Å². The molecule has 0 unspecified atom stereocenters. The topological polar surface area (TPSA) is 38.7 Å². The van der Waals surface area contributed by atoms with Crippen molar-refractivity contribution in [1.29, 1.82) is 0 Å². The second kappa shape index (κ2) is 6.66. The van der Waals surface area contributed by atoms with Crippen LogP contribution in [0.2, 0.25) is 0 Å². The first-order chi connectivity index (χ1) is 7.78. The minimum atomic E-state index is 0.189. The highest BCUT2D eigenvalue weighted by molar-refractivity contribution is 7.98. The molecule has 0 saturated carbocycles. The average molecular weight is 242 g/mol. The minimum absolute atomic E-state index is 0.189. The van der Waals surface area contributed by atoms with Crippen molar-refractivity contribution in [2.45, 2.75) is 17.7 Å². The molecule has 3 nitrogen and oxygen atoms in total. The summed E-state index contributed by atoms with van der Waals surface area (Å²) in [5, 5.41) is 8.90. The van der Waals surface area contributed by atoms with E-state index in [0.717, 1.165) is 34.8 Å². The van der Waals surface area contributed by atoms with E-state index in [2.05, 4.69) is 0 Å². The van der Waals surface area contributed by atoms with E-state index in [1.807, 2.05) is 18.4 Å². The van der Waals surface area contributed by atoms with Gasteiger partial charge in [-0.15, -0.1) is 11.8 Å². The summed E-state index contributed by atoms with van der Waals surface area (Å²) in [6.45, 7) is 0.189. The summed E-state index contributed by atoms with van der Waals surface area (Å²) in [6, 6.07) is 3.82. The minimum Gasteiger partial charge on any atom is -0.496 e. The zero-order chi connectivity index (χ0) is 12.0. The predicted octanol–water partition coefficient (Wildman–Crippen LogP) is 2.35. The highest BCUT2D eigenvalue weighted by Gasteiger charge is 2.13. The SMILES string of the molecule is COc1ccc(OC)c(SC)c1CCCO. The van der Waals surface area contributed by atoms with E-state index in [4.69, 9.17) is 14.6 Å². The Morgan fingerprint density at radius 1 is 1.19 bits per heavy atom. The van der Waals surface area contributed by atoms with Crippen molar-refractivity contribution in [2.24, 2.45) is 0 Å². The van der Waals surface area contributed by atoms with Gasteiger partial charge in [-0.2, -0.15) is 0 Å². The lowest BCUT2D eigenvalue weighted by molar-refractivity contribution is 0.287.